The van der Waals surface area contributed by atoms with Gasteiger partial charge in [0.2, 0.25) is 0 Å². The minimum atomic E-state index is -0.152. The van der Waals surface area contributed by atoms with Gasteiger partial charge < -0.3 is 5.73 Å². The van der Waals surface area contributed by atoms with E-state index >= 15 is 0 Å². The van der Waals surface area contributed by atoms with Gasteiger partial charge in [0.05, 0.1) is 12.6 Å². The molecule has 1 aromatic heterocycles. The van der Waals surface area contributed by atoms with Crippen LogP contribution < -0.4 is 5.73 Å². The van der Waals surface area contributed by atoms with E-state index in [1.165, 1.54) is 11.1 Å². The number of nitrogens with zero attached hydrogens (tertiary/aromatic N) is 4. The highest BCUT2D eigenvalue weighted by Crippen LogP contribution is 2.08. The number of nitrogens with two attached hydrogens (primary N) is 1. The smallest absolute Gasteiger partial charge is 0.168 e. The zero-order valence-electron chi connectivity index (χ0n) is 9.46. The molecule has 0 fully saturated rings. The maximum absolute atomic E-state index is 5.77. The van der Waals surface area contributed by atoms with Crippen LogP contribution in [-0.4, -0.2) is 20.2 Å². The van der Waals surface area contributed by atoms with Crippen LogP contribution in [0.1, 0.15) is 29.9 Å². The molecule has 1 aromatic carbocycles. The van der Waals surface area contributed by atoms with Gasteiger partial charge in [-0.15, -0.1) is 5.10 Å². The molecule has 0 aliphatic carbocycles. The molecule has 5 nitrogen and oxygen atoms in total. The summed E-state index contributed by atoms with van der Waals surface area (Å²) in [7, 11) is 0. The molecule has 1 heterocycles. The Morgan fingerprint density at radius 2 is 2.00 bits per heavy atom. The van der Waals surface area contributed by atoms with Crippen LogP contribution in [0, 0.1) is 6.92 Å². The molecule has 84 valence electrons. The third-order valence-corrected chi connectivity index (χ3v) is 2.42. The van der Waals surface area contributed by atoms with Crippen molar-refractivity contribution in [1.29, 1.82) is 0 Å². The van der Waals surface area contributed by atoms with E-state index in [1.54, 1.807) is 4.68 Å². The Labute approximate surface area is 94.3 Å². The van der Waals surface area contributed by atoms with Gasteiger partial charge in [-0.25, -0.2) is 4.68 Å². The molecule has 2 aromatic rings. The molecule has 5 heteroatoms. The quantitative estimate of drug-likeness (QED) is 0.834. The summed E-state index contributed by atoms with van der Waals surface area (Å²) in [5, 5.41) is 11.5. The highest BCUT2D eigenvalue weighted by Gasteiger charge is 2.10. The molecule has 2 rings (SSSR count). The lowest BCUT2D eigenvalue weighted by molar-refractivity contribution is 0.587. The van der Waals surface area contributed by atoms with Gasteiger partial charge in [-0.05, 0) is 29.8 Å². The van der Waals surface area contributed by atoms with E-state index in [-0.39, 0.29) is 6.04 Å². The van der Waals surface area contributed by atoms with Crippen molar-refractivity contribution in [1.82, 2.24) is 20.2 Å². The molecule has 0 aliphatic rings. The fourth-order valence-electron chi connectivity index (χ4n) is 1.52. The largest absolute Gasteiger partial charge is 0.322 e. The molecule has 0 spiro atoms. The second-order valence-electron chi connectivity index (χ2n) is 3.97. The molecule has 0 radical (unpaired) electrons. The SMILES string of the molecule is Cc1ccc(Cn2nnnc2C(C)N)cc1. The number of hydrogen-bond acceptors (Lipinski definition) is 4. The number of benzene rings is 1. The van der Waals surface area contributed by atoms with Crippen molar-refractivity contribution in [2.45, 2.75) is 26.4 Å². The van der Waals surface area contributed by atoms with Gasteiger partial charge in [0.1, 0.15) is 0 Å². The second kappa shape index (κ2) is 4.40. The van der Waals surface area contributed by atoms with Crippen LogP contribution in [0.2, 0.25) is 0 Å². The fourth-order valence-corrected chi connectivity index (χ4v) is 1.52. The van der Waals surface area contributed by atoms with Gasteiger partial charge in [0, 0.05) is 0 Å². The first-order valence-electron chi connectivity index (χ1n) is 5.24. The summed E-state index contributed by atoms with van der Waals surface area (Å²) < 4.78 is 1.73. The summed E-state index contributed by atoms with van der Waals surface area (Å²) in [5.74, 6) is 0.709. The summed E-state index contributed by atoms with van der Waals surface area (Å²) in [6, 6.07) is 8.14. The number of aryl methyl sites for hydroxylation is 1. The Bertz CT molecular complexity index is 457. The maximum atomic E-state index is 5.77. The van der Waals surface area contributed by atoms with Crippen molar-refractivity contribution in [3.8, 4) is 0 Å². The van der Waals surface area contributed by atoms with Crippen molar-refractivity contribution < 1.29 is 0 Å². The summed E-state index contributed by atoms with van der Waals surface area (Å²) in [5.41, 5.74) is 8.18. The van der Waals surface area contributed by atoms with E-state index in [4.69, 9.17) is 5.73 Å². The summed E-state index contributed by atoms with van der Waals surface area (Å²) >= 11 is 0. The average Bonchev–Trinajstić information content (AvgIpc) is 2.69. The number of rotatable bonds is 3. The summed E-state index contributed by atoms with van der Waals surface area (Å²) in [6.45, 7) is 4.59. The van der Waals surface area contributed by atoms with Crippen molar-refractivity contribution in [2.24, 2.45) is 5.73 Å². The molecule has 2 N–H and O–H groups in total. The van der Waals surface area contributed by atoms with E-state index in [0.717, 1.165) is 0 Å². The van der Waals surface area contributed by atoms with Gasteiger partial charge in [-0.3, -0.25) is 0 Å². The topological polar surface area (TPSA) is 69.6 Å². The minimum absolute atomic E-state index is 0.152. The molecule has 1 unspecified atom stereocenters. The standard InChI is InChI=1S/C11H15N5/c1-8-3-5-10(6-4-8)7-16-11(9(2)12)13-14-15-16/h3-6,9H,7,12H2,1-2H3. The first kappa shape index (κ1) is 10.8. The molecule has 1 atom stereocenters. The van der Waals surface area contributed by atoms with Crippen LogP contribution in [0.15, 0.2) is 24.3 Å². The van der Waals surface area contributed by atoms with Gasteiger partial charge >= 0.3 is 0 Å². The zero-order valence-corrected chi connectivity index (χ0v) is 9.46. The van der Waals surface area contributed by atoms with E-state index < -0.39 is 0 Å². The van der Waals surface area contributed by atoms with Crippen molar-refractivity contribution >= 4 is 0 Å². The van der Waals surface area contributed by atoms with Crippen LogP contribution in [0.4, 0.5) is 0 Å². The molecular weight excluding hydrogens is 202 g/mol. The molecule has 0 amide bonds. The van der Waals surface area contributed by atoms with Crippen molar-refractivity contribution in [2.75, 3.05) is 0 Å². The molecule has 16 heavy (non-hydrogen) atoms. The Morgan fingerprint density at radius 1 is 1.31 bits per heavy atom. The van der Waals surface area contributed by atoms with Crippen LogP contribution in [0.5, 0.6) is 0 Å². The lowest BCUT2D eigenvalue weighted by atomic mass is 10.1. The summed E-state index contributed by atoms with van der Waals surface area (Å²) in [4.78, 5) is 0. The van der Waals surface area contributed by atoms with Crippen LogP contribution in [0.25, 0.3) is 0 Å². The van der Waals surface area contributed by atoms with E-state index in [0.29, 0.717) is 12.4 Å². The van der Waals surface area contributed by atoms with E-state index in [1.807, 2.05) is 6.92 Å². The predicted octanol–water partition coefficient (Wildman–Crippen LogP) is 1.05. The highest BCUT2D eigenvalue weighted by atomic mass is 15.5. The molecular formula is C11H15N5. The number of hydrogen-bond donors (Lipinski definition) is 1. The third-order valence-electron chi connectivity index (χ3n) is 2.42. The molecule has 0 bridgehead atoms. The van der Waals surface area contributed by atoms with Gasteiger partial charge in [0.25, 0.3) is 0 Å². The summed E-state index contributed by atoms with van der Waals surface area (Å²) in [6.07, 6.45) is 0. The zero-order chi connectivity index (χ0) is 11.5. The predicted molar refractivity (Wildman–Crippen MR) is 60.7 cm³/mol. The molecule has 0 saturated heterocycles. The first-order chi connectivity index (χ1) is 7.66. The average molecular weight is 217 g/mol. The number of aromatic nitrogens is 4. The fraction of sp³-hybridized carbons (Fsp3) is 0.364. The lowest BCUT2D eigenvalue weighted by Crippen LogP contribution is -2.15. The second-order valence-corrected chi connectivity index (χ2v) is 3.97. The highest BCUT2D eigenvalue weighted by molar-refractivity contribution is 5.21. The Kier molecular flexibility index (Phi) is 2.96. The number of tetrazole rings is 1. The van der Waals surface area contributed by atoms with E-state index in [9.17, 15) is 0 Å². The van der Waals surface area contributed by atoms with Gasteiger partial charge in [-0.1, -0.05) is 29.8 Å². The molecule has 0 aliphatic heterocycles. The minimum Gasteiger partial charge on any atom is -0.322 e. The van der Waals surface area contributed by atoms with Crippen LogP contribution in [0.3, 0.4) is 0 Å². The monoisotopic (exact) mass is 217 g/mol. The van der Waals surface area contributed by atoms with Gasteiger partial charge in [-0.2, -0.15) is 0 Å². The molecule has 0 saturated carbocycles. The Morgan fingerprint density at radius 3 is 2.62 bits per heavy atom. The van der Waals surface area contributed by atoms with Crippen LogP contribution in [-0.2, 0) is 6.54 Å². The first-order valence-corrected chi connectivity index (χ1v) is 5.24. The van der Waals surface area contributed by atoms with Gasteiger partial charge in [0.15, 0.2) is 5.82 Å². The third kappa shape index (κ3) is 2.25. The lowest BCUT2D eigenvalue weighted by Gasteiger charge is -2.07. The van der Waals surface area contributed by atoms with Crippen molar-refractivity contribution in [3.63, 3.8) is 0 Å². The van der Waals surface area contributed by atoms with Crippen molar-refractivity contribution in [3.05, 3.63) is 41.2 Å². The Hall–Kier alpha value is -1.75. The maximum Gasteiger partial charge on any atom is 0.168 e. The van der Waals surface area contributed by atoms with Crippen LogP contribution >= 0.6 is 0 Å². The normalized spacial score (nSPS) is 12.7. The Balaban J connectivity index is 2.20. The van der Waals surface area contributed by atoms with E-state index in [2.05, 4.69) is 46.7 Å².